The molecule has 0 aromatic carbocycles. The van der Waals surface area contributed by atoms with E-state index in [1.165, 1.54) is 90.1 Å². The maximum absolute atomic E-state index is 4.06. The molecular formula is C21H41BrN2. The molecule has 0 radical (unpaired) electrons. The van der Waals surface area contributed by atoms with Crippen molar-refractivity contribution >= 4 is 15.9 Å². The third-order valence-corrected chi connectivity index (χ3v) is 6.73. The van der Waals surface area contributed by atoms with Gasteiger partial charge in [0.15, 0.2) is 4.57 Å². The average Bonchev–Trinajstić information content (AvgIpc) is 2.91. The van der Waals surface area contributed by atoms with E-state index in [9.17, 15) is 0 Å². The molecule has 0 aliphatic carbocycles. The van der Waals surface area contributed by atoms with Gasteiger partial charge in [-0.25, -0.2) is 0 Å². The van der Waals surface area contributed by atoms with E-state index in [0.29, 0.717) is 0 Å². The van der Waals surface area contributed by atoms with Crippen molar-refractivity contribution < 1.29 is 0 Å². The van der Waals surface area contributed by atoms with E-state index in [1.807, 2.05) is 0 Å². The van der Waals surface area contributed by atoms with Crippen molar-refractivity contribution in [1.29, 1.82) is 0 Å². The molecule has 142 valence electrons. The molecule has 0 atom stereocenters. The van der Waals surface area contributed by atoms with E-state index >= 15 is 0 Å². The van der Waals surface area contributed by atoms with Gasteiger partial charge in [-0.3, -0.25) is 0 Å². The fraction of sp³-hybridized carbons (Fsp3) is 0.905. The first-order valence-electron chi connectivity index (χ1n) is 10.6. The molecule has 0 N–H and O–H groups in total. The van der Waals surface area contributed by atoms with E-state index in [0.717, 1.165) is 6.42 Å². The number of rotatable bonds is 15. The molecule has 0 bridgehead atoms. The van der Waals surface area contributed by atoms with Crippen molar-refractivity contribution in [3.8, 4) is 0 Å². The molecule has 1 aliphatic rings. The molecule has 1 heterocycles. The smallest absolute Gasteiger partial charge is 0.169 e. The number of hydrogen-bond donors (Lipinski definition) is 0. The summed E-state index contributed by atoms with van der Waals surface area (Å²) in [4.78, 5) is 5.04. The highest BCUT2D eigenvalue weighted by molar-refractivity contribution is 9.10. The van der Waals surface area contributed by atoms with Gasteiger partial charge in [-0.15, -0.1) is 0 Å². The standard InChI is InChI=1S/C21H41BrN2/c1-4-7-9-11-13-15-17-23-19-20-24(21(23,22)6-3)18-16-14-12-10-8-5-2/h19-20H,4-18H2,1-3H3. The monoisotopic (exact) mass is 400 g/mol. The molecule has 3 heteroatoms. The van der Waals surface area contributed by atoms with Crippen LogP contribution >= 0.6 is 15.9 Å². The van der Waals surface area contributed by atoms with E-state index < -0.39 is 0 Å². The predicted octanol–water partition coefficient (Wildman–Crippen LogP) is 7.25. The number of unbranched alkanes of at least 4 members (excludes halogenated alkanes) is 10. The predicted molar refractivity (Wildman–Crippen MR) is 111 cm³/mol. The van der Waals surface area contributed by atoms with Crippen LogP contribution in [-0.4, -0.2) is 27.5 Å². The lowest BCUT2D eigenvalue weighted by molar-refractivity contribution is 0.117. The normalized spacial score (nSPS) is 16.3. The molecule has 0 aromatic rings. The summed E-state index contributed by atoms with van der Waals surface area (Å²) in [6.07, 6.45) is 22.2. The second kappa shape index (κ2) is 13.1. The molecule has 2 nitrogen and oxygen atoms in total. The third kappa shape index (κ3) is 7.37. The van der Waals surface area contributed by atoms with Crippen LogP contribution in [0.1, 0.15) is 104 Å². The molecule has 1 rings (SSSR count). The molecule has 0 spiro atoms. The van der Waals surface area contributed by atoms with Gasteiger partial charge in [0, 0.05) is 25.5 Å². The second-order valence-corrected chi connectivity index (χ2v) is 8.56. The Morgan fingerprint density at radius 2 is 1.00 bits per heavy atom. The Labute approximate surface area is 160 Å². The lowest BCUT2D eigenvalue weighted by Crippen LogP contribution is -2.48. The van der Waals surface area contributed by atoms with Crippen LogP contribution in [0.2, 0.25) is 0 Å². The Morgan fingerprint density at radius 1 is 0.625 bits per heavy atom. The molecular weight excluding hydrogens is 360 g/mol. The van der Waals surface area contributed by atoms with Gasteiger partial charge in [0.2, 0.25) is 0 Å². The van der Waals surface area contributed by atoms with Crippen LogP contribution in [0, 0.1) is 0 Å². The SMILES string of the molecule is CCCCCCCCN1C=CN(CCCCCCCC)C1(Br)CC. The largest absolute Gasteiger partial charge is 0.345 e. The molecule has 0 aromatic heterocycles. The number of hydrogen-bond acceptors (Lipinski definition) is 2. The summed E-state index contributed by atoms with van der Waals surface area (Å²) >= 11 is 4.06. The number of nitrogens with zero attached hydrogens (tertiary/aromatic N) is 2. The Kier molecular flexibility index (Phi) is 11.9. The second-order valence-electron chi connectivity index (χ2n) is 7.29. The number of halogens is 1. The molecule has 1 aliphatic heterocycles. The van der Waals surface area contributed by atoms with Gasteiger partial charge in [-0.05, 0) is 35.2 Å². The van der Waals surface area contributed by atoms with Crippen molar-refractivity contribution in [2.75, 3.05) is 13.1 Å². The lowest BCUT2D eigenvalue weighted by atomic mass is 10.1. The summed E-state index contributed by atoms with van der Waals surface area (Å²) in [6, 6.07) is 0. The van der Waals surface area contributed by atoms with Crippen LogP contribution in [0.15, 0.2) is 12.4 Å². The van der Waals surface area contributed by atoms with Crippen LogP contribution in [0.3, 0.4) is 0 Å². The summed E-state index contributed by atoms with van der Waals surface area (Å²) in [5.74, 6) is 0. The van der Waals surface area contributed by atoms with Crippen LogP contribution in [0.4, 0.5) is 0 Å². The van der Waals surface area contributed by atoms with Gasteiger partial charge >= 0.3 is 0 Å². The minimum atomic E-state index is 0.0276. The highest BCUT2D eigenvalue weighted by Crippen LogP contribution is 2.37. The third-order valence-electron chi connectivity index (χ3n) is 5.26. The molecule has 0 unspecified atom stereocenters. The van der Waals surface area contributed by atoms with Crippen LogP contribution < -0.4 is 0 Å². The fourth-order valence-electron chi connectivity index (χ4n) is 3.58. The minimum absolute atomic E-state index is 0.0276. The quantitative estimate of drug-likeness (QED) is 0.162. The zero-order valence-electron chi connectivity index (χ0n) is 16.5. The topological polar surface area (TPSA) is 6.48 Å². The van der Waals surface area contributed by atoms with Gasteiger partial charge in [0.05, 0.1) is 0 Å². The first-order valence-corrected chi connectivity index (χ1v) is 11.4. The van der Waals surface area contributed by atoms with Crippen molar-refractivity contribution in [1.82, 2.24) is 9.80 Å². The van der Waals surface area contributed by atoms with Crippen LogP contribution in [0.25, 0.3) is 0 Å². The van der Waals surface area contributed by atoms with Gasteiger partial charge in [0.25, 0.3) is 0 Å². The van der Waals surface area contributed by atoms with Gasteiger partial charge in [-0.1, -0.05) is 85.0 Å². The van der Waals surface area contributed by atoms with Crippen molar-refractivity contribution in [2.24, 2.45) is 0 Å². The molecule has 0 fully saturated rings. The van der Waals surface area contributed by atoms with Crippen LogP contribution in [-0.2, 0) is 0 Å². The average molecular weight is 401 g/mol. The van der Waals surface area contributed by atoms with Gasteiger partial charge in [-0.2, -0.15) is 0 Å². The first-order chi connectivity index (χ1) is 11.7. The summed E-state index contributed by atoms with van der Waals surface area (Å²) in [7, 11) is 0. The highest BCUT2D eigenvalue weighted by Gasteiger charge is 2.38. The van der Waals surface area contributed by atoms with Crippen molar-refractivity contribution in [3.63, 3.8) is 0 Å². The van der Waals surface area contributed by atoms with Gasteiger partial charge < -0.3 is 9.80 Å². The Morgan fingerprint density at radius 3 is 1.38 bits per heavy atom. The van der Waals surface area contributed by atoms with E-state index in [4.69, 9.17) is 0 Å². The maximum Gasteiger partial charge on any atom is 0.169 e. The molecule has 24 heavy (non-hydrogen) atoms. The summed E-state index contributed by atoms with van der Waals surface area (Å²) in [5, 5.41) is 0. The van der Waals surface area contributed by atoms with Crippen LogP contribution in [0.5, 0.6) is 0 Å². The van der Waals surface area contributed by atoms with Gasteiger partial charge in [0.1, 0.15) is 0 Å². The minimum Gasteiger partial charge on any atom is -0.345 e. The van der Waals surface area contributed by atoms with Crippen molar-refractivity contribution in [2.45, 2.75) is 109 Å². The summed E-state index contributed by atoms with van der Waals surface area (Å²) < 4.78 is 0.0276. The fourth-order valence-corrected chi connectivity index (χ4v) is 4.17. The van der Waals surface area contributed by atoms with E-state index in [2.05, 4.69) is 58.9 Å². The molecule has 0 saturated carbocycles. The number of alkyl halides is 1. The zero-order valence-corrected chi connectivity index (χ0v) is 18.1. The molecule has 0 amide bonds. The Bertz CT molecular complexity index is 304. The summed E-state index contributed by atoms with van der Waals surface area (Å²) in [6.45, 7) is 9.22. The highest BCUT2D eigenvalue weighted by atomic mass is 79.9. The van der Waals surface area contributed by atoms with E-state index in [-0.39, 0.29) is 4.57 Å². The Balaban J connectivity index is 2.25. The Hall–Kier alpha value is -0.180. The van der Waals surface area contributed by atoms with Crippen molar-refractivity contribution in [3.05, 3.63) is 12.4 Å². The lowest BCUT2D eigenvalue weighted by Gasteiger charge is -2.41. The zero-order chi connectivity index (χ0) is 17.7. The molecule has 0 saturated heterocycles. The van der Waals surface area contributed by atoms with E-state index in [1.54, 1.807) is 0 Å². The first kappa shape index (κ1) is 21.9. The summed E-state index contributed by atoms with van der Waals surface area (Å²) in [5.41, 5.74) is 0. The maximum atomic E-state index is 4.06.